The molecule has 0 radical (unpaired) electrons. The first kappa shape index (κ1) is 27.4. The van der Waals surface area contributed by atoms with Gasteiger partial charge in [-0.25, -0.2) is 14.1 Å². The number of amides is 1. The van der Waals surface area contributed by atoms with Gasteiger partial charge in [0.05, 0.1) is 49.5 Å². The van der Waals surface area contributed by atoms with Crippen molar-refractivity contribution < 1.29 is 23.4 Å². The zero-order valence-electron chi connectivity index (χ0n) is 22.0. The molecule has 12 heteroatoms. The lowest BCUT2D eigenvalue weighted by atomic mass is 10.1. The first-order valence-electron chi connectivity index (χ1n) is 12.2. The smallest absolute Gasteiger partial charge is 0.249 e. The molecule has 0 atom stereocenters. The molecule has 5 aromatic rings. The summed E-state index contributed by atoms with van der Waals surface area (Å²) in [6, 6.07) is 17.4. The van der Waals surface area contributed by atoms with Gasteiger partial charge in [-0.3, -0.25) is 4.79 Å². The van der Waals surface area contributed by atoms with Crippen molar-refractivity contribution in [2.45, 2.75) is 23.2 Å². The molecule has 0 bridgehead atoms. The number of benzene rings is 3. The maximum atomic E-state index is 13.7. The first-order chi connectivity index (χ1) is 19.5. The maximum absolute atomic E-state index is 13.7. The number of rotatable bonds is 11. The molecule has 0 saturated carbocycles. The number of halogens is 1. The minimum Gasteiger partial charge on any atom is -0.493 e. The van der Waals surface area contributed by atoms with Crippen LogP contribution in [0.25, 0.3) is 10.2 Å². The summed E-state index contributed by atoms with van der Waals surface area (Å²) in [6.07, 6.45) is 1.75. The highest BCUT2D eigenvalue weighted by molar-refractivity contribution is 8.00. The van der Waals surface area contributed by atoms with Crippen molar-refractivity contribution in [3.05, 3.63) is 83.9 Å². The highest BCUT2D eigenvalue weighted by Crippen LogP contribution is 2.41. The van der Waals surface area contributed by atoms with E-state index in [0.29, 0.717) is 28.7 Å². The number of ether oxygens (including phenoxy) is 3. The predicted octanol–water partition coefficient (Wildman–Crippen LogP) is 5.58. The van der Waals surface area contributed by atoms with Gasteiger partial charge in [-0.2, -0.15) is 0 Å². The Morgan fingerprint density at radius 1 is 1.02 bits per heavy atom. The zero-order chi connectivity index (χ0) is 28.1. The van der Waals surface area contributed by atoms with Gasteiger partial charge >= 0.3 is 0 Å². The van der Waals surface area contributed by atoms with E-state index in [9.17, 15) is 9.18 Å². The van der Waals surface area contributed by atoms with Crippen LogP contribution in [-0.2, 0) is 23.6 Å². The lowest BCUT2D eigenvalue weighted by Gasteiger charge is -2.25. The molecular weight excluding hydrogens is 553 g/mol. The third-order valence-corrected chi connectivity index (χ3v) is 8.23. The number of thioether (sulfide) groups is 1. The average Bonchev–Trinajstić information content (AvgIpc) is 3.61. The Kier molecular flexibility index (Phi) is 8.46. The van der Waals surface area contributed by atoms with Gasteiger partial charge in [-0.15, -0.1) is 16.4 Å². The maximum Gasteiger partial charge on any atom is 0.249 e. The summed E-state index contributed by atoms with van der Waals surface area (Å²) >= 11 is 3.20. The van der Waals surface area contributed by atoms with Crippen LogP contribution in [0.5, 0.6) is 17.2 Å². The van der Waals surface area contributed by atoms with Crippen LogP contribution in [0.3, 0.4) is 0 Å². The fraction of sp³-hybridized carbons (Fsp3) is 0.214. The molecule has 0 spiro atoms. The molecule has 0 N–H and O–H groups in total. The highest BCUT2D eigenvalue weighted by Gasteiger charge is 2.22. The van der Waals surface area contributed by atoms with Crippen molar-refractivity contribution in [3.8, 4) is 17.2 Å². The summed E-state index contributed by atoms with van der Waals surface area (Å²) < 4.78 is 33.6. The number of methoxy groups -OCH3 is 3. The molecule has 2 heterocycles. The molecule has 0 unspecified atom stereocenters. The zero-order valence-corrected chi connectivity index (χ0v) is 23.7. The van der Waals surface area contributed by atoms with Crippen molar-refractivity contribution >= 4 is 44.9 Å². The van der Waals surface area contributed by atoms with E-state index in [4.69, 9.17) is 14.2 Å². The minimum absolute atomic E-state index is 0.0589. The molecule has 3 aromatic carbocycles. The van der Waals surface area contributed by atoms with Crippen molar-refractivity contribution in [1.82, 2.24) is 20.0 Å². The predicted molar refractivity (Wildman–Crippen MR) is 153 cm³/mol. The Hall–Kier alpha value is -4.16. The van der Waals surface area contributed by atoms with Gasteiger partial charge in [0.15, 0.2) is 15.8 Å². The van der Waals surface area contributed by atoms with Crippen LogP contribution in [0, 0.1) is 5.82 Å². The van der Waals surface area contributed by atoms with Crippen molar-refractivity contribution in [1.29, 1.82) is 0 Å². The number of fused-ring (bicyclic) bond motifs is 1. The molecule has 5 rings (SSSR count). The second kappa shape index (κ2) is 12.3. The van der Waals surface area contributed by atoms with Gasteiger partial charge in [-0.1, -0.05) is 41.2 Å². The number of aromatic nitrogens is 4. The fourth-order valence-corrected chi connectivity index (χ4v) is 6.02. The molecule has 0 aliphatic carbocycles. The molecule has 0 aliphatic rings. The van der Waals surface area contributed by atoms with Crippen molar-refractivity contribution in [2.75, 3.05) is 26.2 Å². The van der Waals surface area contributed by atoms with E-state index in [-0.39, 0.29) is 24.8 Å². The van der Waals surface area contributed by atoms with Crippen LogP contribution in [0.2, 0.25) is 0 Å². The number of carbonyl (C=O) groups excluding carboxylic acids is 1. The summed E-state index contributed by atoms with van der Waals surface area (Å²) in [6.45, 7) is 0.128. The molecule has 2 aromatic heterocycles. The number of anilines is 1. The largest absolute Gasteiger partial charge is 0.493 e. The van der Waals surface area contributed by atoms with Crippen LogP contribution in [-0.4, -0.2) is 47.2 Å². The van der Waals surface area contributed by atoms with E-state index in [0.717, 1.165) is 25.8 Å². The molecule has 1 amide bonds. The Morgan fingerprint density at radius 2 is 1.75 bits per heavy atom. The number of thiazole rings is 1. The average molecular weight is 580 g/mol. The van der Waals surface area contributed by atoms with Crippen LogP contribution in [0.15, 0.2) is 71.2 Å². The standard InChI is InChI=1S/C28H26FN5O4S2/c1-36-23-12-21(13-24(37-2)27(23)38-3)34(14-18-8-10-19(29)11-9-18)26(35)16-33-15-20(31-32-33)17-39-28-30-22-6-4-5-7-25(22)40-28/h4-13,15H,14,16-17H2,1-3H3. The van der Waals surface area contributed by atoms with Gasteiger partial charge in [0.25, 0.3) is 0 Å². The van der Waals surface area contributed by atoms with E-state index in [1.54, 1.807) is 58.5 Å². The van der Waals surface area contributed by atoms with Crippen molar-refractivity contribution in [3.63, 3.8) is 0 Å². The van der Waals surface area contributed by atoms with Crippen molar-refractivity contribution in [2.24, 2.45) is 0 Å². The minimum atomic E-state index is -0.353. The molecule has 0 fully saturated rings. The van der Waals surface area contributed by atoms with Gasteiger partial charge in [-0.05, 0) is 29.8 Å². The third-order valence-electron chi connectivity index (χ3n) is 6.02. The number of nitrogens with zero attached hydrogens (tertiary/aromatic N) is 5. The summed E-state index contributed by atoms with van der Waals surface area (Å²) in [4.78, 5) is 19.9. The van der Waals surface area contributed by atoms with Gasteiger partial charge in [0, 0.05) is 24.1 Å². The fourth-order valence-electron chi connectivity index (χ4n) is 4.07. The van der Waals surface area contributed by atoms with E-state index in [1.165, 1.54) is 38.1 Å². The quantitative estimate of drug-likeness (QED) is 0.187. The first-order valence-corrected chi connectivity index (χ1v) is 14.0. The van der Waals surface area contributed by atoms with Crippen LogP contribution >= 0.6 is 23.1 Å². The Bertz CT molecular complexity index is 1560. The second-order valence-electron chi connectivity index (χ2n) is 8.63. The van der Waals surface area contributed by atoms with Gasteiger partial charge in [0.2, 0.25) is 11.7 Å². The third kappa shape index (κ3) is 6.18. The Balaban J connectivity index is 1.35. The van der Waals surface area contributed by atoms with Gasteiger partial charge < -0.3 is 19.1 Å². The SMILES string of the molecule is COc1cc(N(Cc2ccc(F)cc2)C(=O)Cn2cc(CSc3nc4ccccc4s3)nn2)cc(OC)c1OC. The molecule has 9 nitrogen and oxygen atoms in total. The molecule has 0 saturated heterocycles. The highest BCUT2D eigenvalue weighted by atomic mass is 32.2. The van der Waals surface area contributed by atoms with Crippen LogP contribution in [0.1, 0.15) is 11.3 Å². The summed E-state index contributed by atoms with van der Waals surface area (Å²) in [5.41, 5.74) is 2.97. The summed E-state index contributed by atoms with van der Waals surface area (Å²) in [5, 5.41) is 8.41. The number of carbonyl (C=O) groups is 1. The molecule has 0 aliphatic heterocycles. The lowest BCUT2D eigenvalue weighted by molar-refractivity contribution is -0.119. The van der Waals surface area contributed by atoms with E-state index in [1.807, 2.05) is 24.3 Å². The molecule has 40 heavy (non-hydrogen) atoms. The second-order valence-corrected chi connectivity index (χ2v) is 10.9. The molecular formula is C28H26FN5O4S2. The number of hydrogen-bond acceptors (Lipinski definition) is 9. The topological polar surface area (TPSA) is 91.6 Å². The van der Waals surface area contributed by atoms with E-state index >= 15 is 0 Å². The lowest BCUT2D eigenvalue weighted by Crippen LogP contribution is -2.33. The van der Waals surface area contributed by atoms with E-state index in [2.05, 4.69) is 15.3 Å². The summed E-state index contributed by atoms with van der Waals surface area (Å²) in [5.74, 6) is 1.18. The number of hydrogen-bond donors (Lipinski definition) is 0. The normalized spacial score (nSPS) is 11.0. The number of para-hydroxylation sites is 1. The van der Waals surface area contributed by atoms with Crippen LogP contribution < -0.4 is 19.1 Å². The Labute approximate surface area is 238 Å². The monoisotopic (exact) mass is 579 g/mol. The molecule has 206 valence electrons. The summed E-state index contributed by atoms with van der Waals surface area (Å²) in [7, 11) is 4.53. The van der Waals surface area contributed by atoms with Gasteiger partial charge in [0.1, 0.15) is 12.4 Å². The van der Waals surface area contributed by atoms with Crippen LogP contribution in [0.4, 0.5) is 10.1 Å². The Morgan fingerprint density at radius 3 is 2.42 bits per heavy atom. The van der Waals surface area contributed by atoms with E-state index < -0.39 is 0 Å².